The number of hydrogen-bond donors (Lipinski definition) is 1. The van der Waals surface area contributed by atoms with Crippen LogP contribution in [0.15, 0.2) is 41.3 Å². The molecule has 2 aliphatic rings. The molecule has 9 nitrogen and oxygen atoms in total. The summed E-state index contributed by atoms with van der Waals surface area (Å²) in [6.07, 6.45) is 3.47. The number of nitrogens with one attached hydrogen (secondary N) is 1. The lowest BCUT2D eigenvalue weighted by Gasteiger charge is -2.18. The molecule has 2 aliphatic heterocycles. The number of carbonyl (C=O) groups is 4. The molecule has 2 heterocycles. The lowest BCUT2D eigenvalue weighted by molar-refractivity contribution is -0.135. The smallest absolute Gasteiger partial charge is 0.294 e. The Morgan fingerprint density at radius 1 is 1.13 bits per heavy atom. The number of hydrogen-bond acceptors (Lipinski definition) is 7. The van der Waals surface area contributed by atoms with Crippen molar-refractivity contribution in [1.29, 1.82) is 0 Å². The number of rotatable bonds is 9. The predicted molar refractivity (Wildman–Crippen MR) is 154 cm³/mol. The van der Waals surface area contributed by atoms with Gasteiger partial charge in [-0.15, -0.1) is 0 Å². The Bertz CT molecular complexity index is 1290. The highest BCUT2D eigenvalue weighted by Gasteiger charge is 2.37. The first-order chi connectivity index (χ1) is 18.2. The third kappa shape index (κ3) is 6.87. The first kappa shape index (κ1) is 28.0. The molecule has 0 unspecified atom stereocenters. The molecule has 0 bridgehead atoms. The number of anilines is 1. The fraction of sp³-hybridized carbons (Fsp3) is 0.333. The number of amides is 4. The van der Waals surface area contributed by atoms with Crippen LogP contribution in [0.3, 0.4) is 0 Å². The normalized spacial score (nSPS) is 16.3. The Morgan fingerprint density at radius 2 is 1.89 bits per heavy atom. The van der Waals surface area contributed by atoms with Crippen molar-refractivity contribution in [2.24, 2.45) is 0 Å². The third-order valence-corrected chi connectivity index (χ3v) is 7.61. The number of halogens is 1. The molecule has 2 aromatic carbocycles. The van der Waals surface area contributed by atoms with Gasteiger partial charge < -0.3 is 19.7 Å². The molecule has 200 valence electrons. The molecule has 0 radical (unpaired) electrons. The van der Waals surface area contributed by atoms with Crippen molar-refractivity contribution in [1.82, 2.24) is 9.80 Å². The summed E-state index contributed by atoms with van der Waals surface area (Å²) in [5.74, 6) is -0.193. The van der Waals surface area contributed by atoms with E-state index in [1.54, 1.807) is 29.2 Å². The number of ether oxygens (including phenoxy) is 2. The second kappa shape index (κ2) is 12.7. The first-order valence-electron chi connectivity index (χ1n) is 12.2. The molecule has 38 heavy (non-hydrogen) atoms. The van der Waals surface area contributed by atoms with Gasteiger partial charge in [0.25, 0.3) is 17.1 Å². The maximum absolute atomic E-state index is 12.9. The van der Waals surface area contributed by atoms with Crippen LogP contribution < -0.4 is 14.8 Å². The minimum Gasteiger partial charge on any atom is -0.490 e. The molecule has 2 aromatic rings. The molecule has 2 fully saturated rings. The van der Waals surface area contributed by atoms with E-state index >= 15 is 0 Å². The number of benzene rings is 2. The van der Waals surface area contributed by atoms with Crippen molar-refractivity contribution < 1.29 is 28.7 Å². The van der Waals surface area contributed by atoms with E-state index in [9.17, 15) is 19.2 Å². The fourth-order valence-corrected chi connectivity index (χ4v) is 5.74. The van der Waals surface area contributed by atoms with E-state index in [0.29, 0.717) is 46.0 Å². The topological polar surface area (TPSA) is 105 Å². The van der Waals surface area contributed by atoms with Crippen LogP contribution in [-0.4, -0.2) is 65.6 Å². The van der Waals surface area contributed by atoms with Gasteiger partial charge in [-0.05, 0) is 103 Å². The zero-order valence-corrected chi connectivity index (χ0v) is 24.1. The van der Waals surface area contributed by atoms with E-state index in [2.05, 4.69) is 27.9 Å². The second-order valence-electron chi connectivity index (χ2n) is 8.83. The molecular formula is C27H28IN3O6S. The Balaban J connectivity index is 1.46. The van der Waals surface area contributed by atoms with Gasteiger partial charge >= 0.3 is 0 Å². The quantitative estimate of drug-likeness (QED) is 0.311. The second-order valence-corrected chi connectivity index (χ2v) is 11.0. The lowest BCUT2D eigenvalue weighted by Crippen LogP contribution is -2.40. The molecule has 1 N–H and O–H groups in total. The summed E-state index contributed by atoms with van der Waals surface area (Å²) in [4.78, 5) is 53.2. The van der Waals surface area contributed by atoms with E-state index in [4.69, 9.17) is 9.47 Å². The molecular weight excluding hydrogens is 621 g/mol. The summed E-state index contributed by atoms with van der Waals surface area (Å²) < 4.78 is 12.2. The van der Waals surface area contributed by atoms with Gasteiger partial charge in [0.05, 0.1) is 15.1 Å². The van der Waals surface area contributed by atoms with E-state index < -0.39 is 11.1 Å². The molecule has 0 aromatic heterocycles. The van der Waals surface area contributed by atoms with E-state index in [1.165, 1.54) is 0 Å². The summed E-state index contributed by atoms with van der Waals surface area (Å²) in [7, 11) is 0. The van der Waals surface area contributed by atoms with Crippen LogP contribution in [0, 0.1) is 10.5 Å². The lowest BCUT2D eigenvalue weighted by atomic mass is 10.2. The molecule has 0 atom stereocenters. The average molecular weight is 650 g/mol. The first-order valence-corrected chi connectivity index (χ1v) is 14.1. The Hall–Kier alpha value is -3.06. The number of nitrogens with zero attached hydrogens (tertiary/aromatic N) is 2. The van der Waals surface area contributed by atoms with E-state index in [-0.39, 0.29) is 29.9 Å². The van der Waals surface area contributed by atoms with Gasteiger partial charge in [-0.2, -0.15) is 0 Å². The molecule has 4 amide bonds. The van der Waals surface area contributed by atoms with E-state index in [0.717, 1.165) is 35.1 Å². The van der Waals surface area contributed by atoms with Crippen LogP contribution in [0.5, 0.6) is 11.5 Å². The SMILES string of the molecule is CCOc1cc(/C=C2\SC(=O)N(CC(=O)N3CCCC3)C2=O)cc(I)c1OCC(=O)Nc1cccc(C)c1. The highest BCUT2D eigenvalue weighted by Crippen LogP contribution is 2.37. The van der Waals surface area contributed by atoms with Gasteiger partial charge in [-0.25, -0.2) is 0 Å². The largest absolute Gasteiger partial charge is 0.490 e. The standard InChI is InChI=1S/C27H28IN3O6S/c1-3-36-21-13-18(12-20(28)25(21)37-16-23(32)29-19-8-6-7-17(2)11-19)14-22-26(34)31(27(35)38-22)15-24(33)30-9-4-5-10-30/h6-8,11-14H,3-5,9-10,15-16H2,1-2H3,(H,29,32)/b22-14-. The number of likely N-dealkylation sites (tertiary alicyclic amines) is 1. The van der Waals surface area contributed by atoms with Gasteiger partial charge in [0, 0.05) is 18.8 Å². The van der Waals surface area contributed by atoms with Crippen molar-refractivity contribution >= 4 is 69.1 Å². The van der Waals surface area contributed by atoms with Gasteiger partial charge in [0.2, 0.25) is 5.91 Å². The van der Waals surface area contributed by atoms with Gasteiger partial charge in [-0.1, -0.05) is 12.1 Å². The summed E-state index contributed by atoms with van der Waals surface area (Å²) in [6.45, 7) is 4.99. The van der Waals surface area contributed by atoms with Crippen LogP contribution in [-0.2, 0) is 14.4 Å². The maximum atomic E-state index is 12.9. The monoisotopic (exact) mass is 649 g/mol. The summed E-state index contributed by atoms with van der Waals surface area (Å²) in [5, 5.41) is 2.34. The highest BCUT2D eigenvalue weighted by molar-refractivity contribution is 14.1. The van der Waals surface area contributed by atoms with Crippen LogP contribution in [0.4, 0.5) is 10.5 Å². The van der Waals surface area contributed by atoms with Crippen molar-refractivity contribution in [2.75, 3.05) is 38.2 Å². The molecule has 2 saturated heterocycles. The molecule has 0 aliphatic carbocycles. The zero-order chi connectivity index (χ0) is 27.2. The number of imide groups is 1. The van der Waals surface area contributed by atoms with Crippen molar-refractivity contribution in [3.05, 3.63) is 56.0 Å². The van der Waals surface area contributed by atoms with Crippen molar-refractivity contribution in [3.8, 4) is 11.5 Å². The molecule has 11 heteroatoms. The predicted octanol–water partition coefficient (Wildman–Crippen LogP) is 4.67. The zero-order valence-electron chi connectivity index (χ0n) is 21.1. The van der Waals surface area contributed by atoms with Gasteiger partial charge in [-0.3, -0.25) is 24.1 Å². The summed E-state index contributed by atoms with van der Waals surface area (Å²) in [6, 6.07) is 11.0. The van der Waals surface area contributed by atoms with E-state index in [1.807, 2.05) is 32.0 Å². The van der Waals surface area contributed by atoms with Crippen LogP contribution in [0.25, 0.3) is 6.08 Å². The summed E-state index contributed by atoms with van der Waals surface area (Å²) >= 11 is 2.89. The van der Waals surface area contributed by atoms with Crippen LogP contribution in [0.2, 0.25) is 0 Å². The van der Waals surface area contributed by atoms with Crippen LogP contribution >= 0.6 is 34.4 Å². The maximum Gasteiger partial charge on any atom is 0.294 e. The third-order valence-electron chi connectivity index (χ3n) is 5.90. The minimum absolute atomic E-state index is 0.215. The Labute approximate surface area is 239 Å². The highest BCUT2D eigenvalue weighted by atomic mass is 127. The number of thioether (sulfide) groups is 1. The number of carbonyl (C=O) groups excluding carboxylic acids is 4. The number of aryl methyl sites for hydroxylation is 1. The molecule has 4 rings (SSSR count). The summed E-state index contributed by atoms with van der Waals surface area (Å²) in [5.41, 5.74) is 2.35. The van der Waals surface area contributed by atoms with Gasteiger partial charge in [0.15, 0.2) is 18.1 Å². The Kier molecular flexibility index (Phi) is 9.31. The van der Waals surface area contributed by atoms with Crippen molar-refractivity contribution in [2.45, 2.75) is 26.7 Å². The van der Waals surface area contributed by atoms with Crippen LogP contribution in [0.1, 0.15) is 30.9 Å². The molecule has 0 saturated carbocycles. The average Bonchev–Trinajstić information content (AvgIpc) is 3.49. The Morgan fingerprint density at radius 3 is 2.61 bits per heavy atom. The fourth-order valence-electron chi connectivity index (χ4n) is 4.12. The molecule has 0 spiro atoms. The van der Waals surface area contributed by atoms with Crippen molar-refractivity contribution in [3.63, 3.8) is 0 Å². The minimum atomic E-state index is -0.492. The van der Waals surface area contributed by atoms with Gasteiger partial charge in [0.1, 0.15) is 6.54 Å².